The third-order valence-electron chi connectivity index (χ3n) is 2.17. The van der Waals surface area contributed by atoms with Crippen LogP contribution >= 0.6 is 0 Å². The molecule has 0 radical (unpaired) electrons. The molecule has 1 amide bonds. The number of ether oxygens (including phenoxy) is 1. The number of aliphatic hydroxyl groups excluding tert-OH is 1. The molecule has 0 unspecified atom stereocenters. The van der Waals surface area contributed by atoms with Crippen LogP contribution in [0.2, 0.25) is 0 Å². The lowest BCUT2D eigenvalue weighted by atomic mass is 10.2. The summed E-state index contributed by atoms with van der Waals surface area (Å²) in [6, 6.07) is 0. The molecule has 1 aromatic heterocycles. The van der Waals surface area contributed by atoms with Crippen LogP contribution in [0.25, 0.3) is 0 Å². The number of hydrogen-bond donors (Lipinski definition) is 1. The van der Waals surface area contributed by atoms with Gasteiger partial charge in [0.1, 0.15) is 0 Å². The SMILES string of the molecule is COCCN(CCO)C(=O)c1oncc1C. The van der Waals surface area contributed by atoms with Gasteiger partial charge in [-0.2, -0.15) is 0 Å². The van der Waals surface area contributed by atoms with Crippen molar-refractivity contribution in [3.8, 4) is 0 Å². The van der Waals surface area contributed by atoms with Gasteiger partial charge in [-0.05, 0) is 6.92 Å². The minimum absolute atomic E-state index is 0.0946. The number of aryl methyl sites for hydroxylation is 1. The third-order valence-corrected chi connectivity index (χ3v) is 2.17. The Kier molecular flexibility index (Phi) is 4.94. The Balaban J connectivity index is 2.70. The fraction of sp³-hybridized carbons (Fsp3) is 0.600. The summed E-state index contributed by atoms with van der Waals surface area (Å²) in [7, 11) is 1.56. The number of rotatable bonds is 6. The number of amides is 1. The Bertz CT molecular complexity index is 337. The van der Waals surface area contributed by atoms with Gasteiger partial charge >= 0.3 is 0 Å². The van der Waals surface area contributed by atoms with Crippen LogP contribution in [0.1, 0.15) is 16.1 Å². The molecule has 0 aliphatic carbocycles. The first-order valence-electron chi connectivity index (χ1n) is 5.01. The Morgan fingerprint density at radius 1 is 1.62 bits per heavy atom. The van der Waals surface area contributed by atoms with Gasteiger partial charge in [0, 0.05) is 25.8 Å². The van der Waals surface area contributed by atoms with E-state index in [0.717, 1.165) is 0 Å². The maximum absolute atomic E-state index is 11.9. The molecule has 0 saturated heterocycles. The highest BCUT2D eigenvalue weighted by atomic mass is 16.5. The van der Waals surface area contributed by atoms with E-state index < -0.39 is 0 Å². The Labute approximate surface area is 93.8 Å². The van der Waals surface area contributed by atoms with Gasteiger partial charge in [0.05, 0.1) is 19.4 Å². The van der Waals surface area contributed by atoms with E-state index in [-0.39, 0.29) is 24.8 Å². The average Bonchev–Trinajstić information content (AvgIpc) is 2.69. The van der Waals surface area contributed by atoms with E-state index in [1.54, 1.807) is 14.0 Å². The van der Waals surface area contributed by atoms with Crippen molar-refractivity contribution in [2.75, 3.05) is 33.4 Å². The Morgan fingerprint density at radius 2 is 2.38 bits per heavy atom. The number of nitrogens with zero attached hydrogens (tertiary/aromatic N) is 2. The fourth-order valence-corrected chi connectivity index (χ4v) is 1.28. The molecule has 1 heterocycles. The molecule has 6 nitrogen and oxygen atoms in total. The molecule has 1 N–H and O–H groups in total. The smallest absolute Gasteiger partial charge is 0.292 e. The standard InChI is InChI=1S/C10H16N2O4/c1-8-7-11-16-9(8)10(14)12(3-5-13)4-6-15-2/h7,13H,3-6H2,1-2H3. The van der Waals surface area contributed by atoms with Gasteiger partial charge < -0.3 is 19.3 Å². The topological polar surface area (TPSA) is 75.8 Å². The molecule has 90 valence electrons. The van der Waals surface area contributed by atoms with Crippen LogP contribution in [0.5, 0.6) is 0 Å². The van der Waals surface area contributed by atoms with Crippen molar-refractivity contribution in [3.63, 3.8) is 0 Å². The summed E-state index contributed by atoms with van der Waals surface area (Å²) in [5.74, 6) is -0.0642. The maximum Gasteiger partial charge on any atom is 0.292 e. The van der Waals surface area contributed by atoms with Crippen LogP contribution in [0.3, 0.4) is 0 Å². The molecule has 0 aromatic carbocycles. The average molecular weight is 228 g/mol. The van der Waals surface area contributed by atoms with Crippen molar-refractivity contribution in [2.45, 2.75) is 6.92 Å². The number of methoxy groups -OCH3 is 1. The normalized spacial score (nSPS) is 10.4. The van der Waals surface area contributed by atoms with Crippen molar-refractivity contribution >= 4 is 5.91 Å². The van der Waals surface area contributed by atoms with Crippen LogP contribution in [0, 0.1) is 6.92 Å². The summed E-state index contributed by atoms with van der Waals surface area (Å²) < 4.78 is 9.76. The van der Waals surface area contributed by atoms with Crippen LogP contribution in [0.4, 0.5) is 0 Å². The summed E-state index contributed by atoms with van der Waals surface area (Å²) in [6.45, 7) is 2.73. The minimum atomic E-state index is -0.277. The summed E-state index contributed by atoms with van der Waals surface area (Å²) in [6.07, 6.45) is 1.49. The first kappa shape index (κ1) is 12.7. The quantitative estimate of drug-likeness (QED) is 0.745. The highest BCUT2D eigenvalue weighted by molar-refractivity contribution is 5.92. The number of carbonyl (C=O) groups excluding carboxylic acids is 1. The van der Waals surface area contributed by atoms with E-state index in [9.17, 15) is 4.79 Å². The Hall–Kier alpha value is -1.40. The zero-order valence-corrected chi connectivity index (χ0v) is 9.47. The zero-order valence-electron chi connectivity index (χ0n) is 9.47. The molecule has 0 bridgehead atoms. The van der Waals surface area contributed by atoms with Gasteiger partial charge in [0.2, 0.25) is 5.76 Å². The number of aliphatic hydroxyl groups is 1. The largest absolute Gasteiger partial charge is 0.395 e. The summed E-state index contributed by atoms with van der Waals surface area (Å²) in [4.78, 5) is 13.4. The molecular formula is C10H16N2O4. The van der Waals surface area contributed by atoms with Crippen molar-refractivity contribution in [1.29, 1.82) is 0 Å². The van der Waals surface area contributed by atoms with Crippen molar-refractivity contribution in [1.82, 2.24) is 10.1 Å². The van der Waals surface area contributed by atoms with Crippen LogP contribution in [0.15, 0.2) is 10.7 Å². The maximum atomic E-state index is 11.9. The van der Waals surface area contributed by atoms with Gasteiger partial charge in [-0.15, -0.1) is 0 Å². The first-order chi connectivity index (χ1) is 7.70. The predicted molar refractivity (Wildman–Crippen MR) is 56.1 cm³/mol. The van der Waals surface area contributed by atoms with E-state index in [4.69, 9.17) is 14.4 Å². The van der Waals surface area contributed by atoms with Crippen LogP contribution < -0.4 is 0 Å². The molecule has 0 aliphatic rings. The zero-order chi connectivity index (χ0) is 12.0. The van der Waals surface area contributed by atoms with Crippen molar-refractivity contribution in [3.05, 3.63) is 17.5 Å². The molecule has 0 atom stereocenters. The minimum Gasteiger partial charge on any atom is -0.395 e. The number of aromatic nitrogens is 1. The molecule has 0 saturated carbocycles. The second-order valence-corrected chi connectivity index (χ2v) is 3.35. The number of carbonyl (C=O) groups is 1. The third kappa shape index (κ3) is 3.04. The van der Waals surface area contributed by atoms with E-state index in [1.807, 2.05) is 0 Å². The molecule has 1 rings (SSSR count). The highest BCUT2D eigenvalue weighted by Crippen LogP contribution is 2.09. The molecular weight excluding hydrogens is 212 g/mol. The highest BCUT2D eigenvalue weighted by Gasteiger charge is 2.20. The van der Waals surface area contributed by atoms with E-state index in [2.05, 4.69) is 5.16 Å². The molecule has 6 heteroatoms. The van der Waals surface area contributed by atoms with E-state index in [1.165, 1.54) is 11.1 Å². The van der Waals surface area contributed by atoms with Gasteiger partial charge in [0.25, 0.3) is 5.91 Å². The van der Waals surface area contributed by atoms with Gasteiger partial charge in [-0.25, -0.2) is 0 Å². The van der Waals surface area contributed by atoms with Gasteiger partial charge in [0.15, 0.2) is 0 Å². The lowest BCUT2D eigenvalue weighted by Crippen LogP contribution is -2.36. The summed E-state index contributed by atoms with van der Waals surface area (Å²) in [5, 5.41) is 12.4. The van der Waals surface area contributed by atoms with Crippen LogP contribution in [-0.2, 0) is 4.74 Å². The molecule has 0 aliphatic heterocycles. The lowest BCUT2D eigenvalue weighted by molar-refractivity contribution is 0.0616. The van der Waals surface area contributed by atoms with Crippen molar-refractivity contribution in [2.24, 2.45) is 0 Å². The second kappa shape index (κ2) is 6.24. The fourth-order valence-electron chi connectivity index (χ4n) is 1.28. The molecule has 0 spiro atoms. The lowest BCUT2D eigenvalue weighted by Gasteiger charge is -2.19. The first-order valence-corrected chi connectivity index (χ1v) is 5.01. The van der Waals surface area contributed by atoms with Crippen molar-refractivity contribution < 1.29 is 19.2 Å². The Morgan fingerprint density at radius 3 is 2.88 bits per heavy atom. The van der Waals surface area contributed by atoms with Gasteiger partial charge in [-0.3, -0.25) is 4.79 Å². The molecule has 0 fully saturated rings. The molecule has 1 aromatic rings. The van der Waals surface area contributed by atoms with E-state index >= 15 is 0 Å². The van der Waals surface area contributed by atoms with E-state index in [0.29, 0.717) is 18.7 Å². The summed E-state index contributed by atoms with van der Waals surface area (Å²) >= 11 is 0. The summed E-state index contributed by atoms with van der Waals surface area (Å²) in [5.41, 5.74) is 0.686. The molecule has 16 heavy (non-hydrogen) atoms. The predicted octanol–water partition coefficient (Wildman–Crippen LogP) is 0.0639. The monoisotopic (exact) mass is 228 g/mol. The van der Waals surface area contributed by atoms with Gasteiger partial charge in [-0.1, -0.05) is 5.16 Å². The number of hydrogen-bond acceptors (Lipinski definition) is 5. The van der Waals surface area contributed by atoms with Crippen LogP contribution in [-0.4, -0.2) is 54.5 Å². The second-order valence-electron chi connectivity index (χ2n) is 3.35.